The Morgan fingerprint density at radius 2 is 2.28 bits per heavy atom. The molecule has 1 atom stereocenters. The maximum absolute atomic E-state index is 11.7. The number of hydrogen-bond donors (Lipinski definition) is 2. The van der Waals surface area contributed by atoms with E-state index >= 15 is 0 Å². The number of esters is 1. The zero-order valence-corrected chi connectivity index (χ0v) is 15.2. The molecule has 25 heavy (non-hydrogen) atoms. The number of carbonyl (C=O) groups excluding carboxylic acids is 1. The smallest absolute Gasteiger partial charge is 0.358 e. The summed E-state index contributed by atoms with van der Waals surface area (Å²) in [6.07, 6.45) is 5.27. The van der Waals surface area contributed by atoms with Gasteiger partial charge in [0, 0.05) is 12.4 Å². The van der Waals surface area contributed by atoms with E-state index in [0.29, 0.717) is 17.3 Å². The minimum Gasteiger partial charge on any atom is -0.461 e. The van der Waals surface area contributed by atoms with Gasteiger partial charge in [0.1, 0.15) is 6.10 Å². The molecule has 8 heteroatoms. The van der Waals surface area contributed by atoms with Crippen molar-refractivity contribution < 1.29 is 14.6 Å². The standard InChI is InChI=1S/C17H17BrN4O3/c1-2-25-17(24)13-6-12(20-21-13)15(23)14-8-22-7-10(9-3-4-9)5-11(18)16(22)19-14/h5-9,15,23H,2-4H2,1H3,(H,20,21). The van der Waals surface area contributed by atoms with Crippen molar-refractivity contribution in [3.05, 3.63) is 51.6 Å². The number of halogens is 1. The number of aliphatic hydroxyl groups excluding tert-OH is 1. The summed E-state index contributed by atoms with van der Waals surface area (Å²) in [4.78, 5) is 16.2. The van der Waals surface area contributed by atoms with Gasteiger partial charge in [0.15, 0.2) is 11.3 Å². The third kappa shape index (κ3) is 3.07. The molecular weight excluding hydrogens is 388 g/mol. The summed E-state index contributed by atoms with van der Waals surface area (Å²) < 4.78 is 7.71. The topological polar surface area (TPSA) is 92.5 Å². The fourth-order valence-electron chi connectivity index (χ4n) is 2.81. The van der Waals surface area contributed by atoms with Crippen molar-refractivity contribution in [1.82, 2.24) is 19.6 Å². The predicted molar refractivity (Wildman–Crippen MR) is 93.5 cm³/mol. The molecule has 1 aliphatic carbocycles. The van der Waals surface area contributed by atoms with Gasteiger partial charge >= 0.3 is 5.97 Å². The van der Waals surface area contributed by atoms with Gasteiger partial charge in [0.2, 0.25) is 0 Å². The Morgan fingerprint density at radius 1 is 1.48 bits per heavy atom. The van der Waals surface area contributed by atoms with Crippen LogP contribution in [0.5, 0.6) is 0 Å². The van der Waals surface area contributed by atoms with E-state index in [0.717, 1.165) is 10.1 Å². The monoisotopic (exact) mass is 404 g/mol. The number of carbonyl (C=O) groups is 1. The molecule has 130 valence electrons. The number of aromatic nitrogens is 4. The average Bonchev–Trinajstić information content (AvgIpc) is 3.16. The largest absolute Gasteiger partial charge is 0.461 e. The van der Waals surface area contributed by atoms with Gasteiger partial charge in [-0.25, -0.2) is 9.78 Å². The van der Waals surface area contributed by atoms with Crippen molar-refractivity contribution in [2.24, 2.45) is 0 Å². The van der Waals surface area contributed by atoms with Gasteiger partial charge in [-0.05, 0) is 59.3 Å². The molecule has 0 saturated heterocycles. The van der Waals surface area contributed by atoms with Crippen molar-refractivity contribution in [3.63, 3.8) is 0 Å². The third-order valence-electron chi connectivity index (χ3n) is 4.25. The van der Waals surface area contributed by atoms with Crippen LogP contribution in [0, 0.1) is 0 Å². The summed E-state index contributed by atoms with van der Waals surface area (Å²) in [5, 5.41) is 17.2. The number of nitrogens with zero attached hydrogens (tertiary/aromatic N) is 3. The highest BCUT2D eigenvalue weighted by Gasteiger charge is 2.25. The molecule has 1 unspecified atom stereocenters. The molecule has 1 saturated carbocycles. The number of hydrogen-bond acceptors (Lipinski definition) is 5. The van der Waals surface area contributed by atoms with Gasteiger partial charge < -0.3 is 14.2 Å². The summed E-state index contributed by atoms with van der Waals surface area (Å²) in [6.45, 7) is 2.00. The number of aliphatic hydroxyl groups is 1. The van der Waals surface area contributed by atoms with E-state index in [-0.39, 0.29) is 12.3 Å². The van der Waals surface area contributed by atoms with E-state index in [2.05, 4.69) is 43.4 Å². The van der Waals surface area contributed by atoms with Gasteiger partial charge in [-0.15, -0.1) is 0 Å². The lowest BCUT2D eigenvalue weighted by atomic mass is 10.2. The van der Waals surface area contributed by atoms with E-state index < -0.39 is 12.1 Å². The Hall–Kier alpha value is -2.19. The SMILES string of the molecule is CCOC(=O)c1cc(C(O)c2cn3cc(C4CC4)cc(Br)c3n2)[nH]n1. The zero-order valence-electron chi connectivity index (χ0n) is 13.6. The highest BCUT2D eigenvalue weighted by molar-refractivity contribution is 9.10. The number of aromatic amines is 1. The lowest BCUT2D eigenvalue weighted by molar-refractivity contribution is 0.0519. The third-order valence-corrected chi connectivity index (χ3v) is 4.84. The van der Waals surface area contributed by atoms with Gasteiger partial charge in [0.05, 0.1) is 22.5 Å². The Morgan fingerprint density at radius 3 is 3.00 bits per heavy atom. The number of H-pyrrole nitrogens is 1. The Bertz CT molecular complexity index is 945. The molecule has 1 aliphatic rings. The van der Waals surface area contributed by atoms with Crippen LogP contribution in [0.3, 0.4) is 0 Å². The minimum absolute atomic E-state index is 0.136. The molecule has 3 aromatic heterocycles. The van der Waals surface area contributed by atoms with E-state index in [9.17, 15) is 9.90 Å². The van der Waals surface area contributed by atoms with Gasteiger partial charge in [-0.2, -0.15) is 5.10 Å². The van der Waals surface area contributed by atoms with Gasteiger partial charge in [-0.1, -0.05) is 0 Å². The van der Waals surface area contributed by atoms with Crippen LogP contribution in [0.4, 0.5) is 0 Å². The van der Waals surface area contributed by atoms with Crippen molar-refractivity contribution in [3.8, 4) is 0 Å². The molecule has 4 rings (SSSR count). The molecule has 0 spiro atoms. The molecule has 7 nitrogen and oxygen atoms in total. The minimum atomic E-state index is -1.01. The summed E-state index contributed by atoms with van der Waals surface area (Å²) in [7, 11) is 0. The van der Waals surface area contributed by atoms with Crippen LogP contribution in [-0.4, -0.2) is 37.3 Å². The predicted octanol–water partition coefficient (Wildman–Crippen LogP) is 2.96. The van der Waals surface area contributed by atoms with E-state index in [4.69, 9.17) is 4.74 Å². The van der Waals surface area contributed by atoms with Crippen molar-refractivity contribution in [1.29, 1.82) is 0 Å². The molecule has 0 bridgehead atoms. The second kappa shape index (κ2) is 6.27. The number of pyridine rings is 1. The summed E-state index contributed by atoms with van der Waals surface area (Å²) in [5.41, 5.74) is 3.02. The van der Waals surface area contributed by atoms with Crippen LogP contribution in [0.25, 0.3) is 5.65 Å². The molecule has 2 N–H and O–H groups in total. The van der Waals surface area contributed by atoms with Crippen LogP contribution in [0.15, 0.2) is 29.0 Å². The normalized spacial score (nSPS) is 15.5. The number of imidazole rings is 1. The second-order valence-corrected chi connectivity index (χ2v) is 6.98. The maximum Gasteiger partial charge on any atom is 0.358 e. The molecule has 1 fully saturated rings. The first-order valence-electron chi connectivity index (χ1n) is 8.15. The molecule has 0 aromatic carbocycles. The molecule has 0 amide bonds. The van der Waals surface area contributed by atoms with Crippen molar-refractivity contribution >= 4 is 27.5 Å². The number of fused-ring (bicyclic) bond motifs is 1. The summed E-state index contributed by atoms with van der Waals surface area (Å²) in [5.74, 6) is 0.0974. The van der Waals surface area contributed by atoms with Crippen LogP contribution in [0.1, 0.15) is 59.2 Å². The van der Waals surface area contributed by atoms with Gasteiger partial charge in [0.25, 0.3) is 0 Å². The van der Waals surface area contributed by atoms with Crippen LogP contribution in [-0.2, 0) is 4.74 Å². The van der Waals surface area contributed by atoms with Crippen LogP contribution in [0.2, 0.25) is 0 Å². The number of ether oxygens (including phenoxy) is 1. The number of nitrogens with one attached hydrogen (secondary N) is 1. The Kier molecular flexibility index (Phi) is 4.09. The Labute approximate surface area is 152 Å². The van der Waals surface area contributed by atoms with Crippen LogP contribution < -0.4 is 0 Å². The van der Waals surface area contributed by atoms with Crippen LogP contribution >= 0.6 is 15.9 Å². The zero-order chi connectivity index (χ0) is 17.6. The second-order valence-electron chi connectivity index (χ2n) is 6.12. The first-order valence-corrected chi connectivity index (χ1v) is 8.94. The highest BCUT2D eigenvalue weighted by atomic mass is 79.9. The maximum atomic E-state index is 11.7. The number of rotatable bonds is 5. The first-order chi connectivity index (χ1) is 12.1. The van der Waals surface area contributed by atoms with E-state index in [1.165, 1.54) is 24.5 Å². The van der Waals surface area contributed by atoms with Crippen molar-refractivity contribution in [2.45, 2.75) is 31.8 Å². The quantitative estimate of drug-likeness (QED) is 0.637. The molecule has 3 heterocycles. The van der Waals surface area contributed by atoms with Crippen molar-refractivity contribution in [2.75, 3.05) is 6.61 Å². The lowest BCUT2D eigenvalue weighted by Crippen LogP contribution is -2.04. The van der Waals surface area contributed by atoms with E-state index in [1.807, 2.05) is 4.40 Å². The highest BCUT2D eigenvalue weighted by Crippen LogP contribution is 2.41. The molecule has 3 aromatic rings. The summed E-state index contributed by atoms with van der Waals surface area (Å²) >= 11 is 3.56. The first kappa shape index (κ1) is 16.3. The lowest BCUT2D eigenvalue weighted by Gasteiger charge is -2.03. The molecular formula is C17H17BrN4O3. The molecule has 0 radical (unpaired) electrons. The van der Waals surface area contributed by atoms with Gasteiger partial charge in [-0.3, -0.25) is 5.10 Å². The fraction of sp³-hybridized carbons (Fsp3) is 0.353. The average molecular weight is 405 g/mol. The summed E-state index contributed by atoms with van der Waals surface area (Å²) in [6, 6.07) is 3.57. The van der Waals surface area contributed by atoms with E-state index in [1.54, 1.807) is 13.1 Å². The molecule has 0 aliphatic heterocycles. The Balaban J connectivity index is 1.64. The fourth-order valence-corrected chi connectivity index (χ4v) is 3.37.